The van der Waals surface area contributed by atoms with Crippen molar-refractivity contribution in [3.8, 4) is 5.75 Å². The van der Waals surface area contributed by atoms with Crippen LogP contribution in [-0.2, 0) is 4.79 Å². The number of carbonyl (C=O) groups excluding carboxylic acids is 1. The van der Waals surface area contributed by atoms with E-state index in [4.69, 9.17) is 4.74 Å². The number of carbonyl (C=O) groups is 1. The van der Waals surface area contributed by atoms with E-state index in [1.807, 2.05) is 18.2 Å². The van der Waals surface area contributed by atoms with Crippen LogP contribution in [0.3, 0.4) is 0 Å². The van der Waals surface area contributed by atoms with Gasteiger partial charge in [-0.3, -0.25) is 4.79 Å². The van der Waals surface area contributed by atoms with Crippen molar-refractivity contribution < 1.29 is 14.6 Å². The van der Waals surface area contributed by atoms with Gasteiger partial charge in [0.25, 0.3) is 0 Å². The highest BCUT2D eigenvalue weighted by Gasteiger charge is 2.12. The molecule has 3 nitrogen and oxygen atoms in total. The molecule has 0 heterocycles. The third-order valence-electron chi connectivity index (χ3n) is 1.88. The minimum Gasteiger partial charge on any atom is -0.486 e. The van der Waals surface area contributed by atoms with E-state index in [0.29, 0.717) is 12.2 Å². The van der Waals surface area contributed by atoms with Crippen molar-refractivity contribution in [2.24, 2.45) is 0 Å². The molecule has 1 unspecified atom stereocenters. The lowest BCUT2D eigenvalue weighted by atomic mass is 10.2. The minimum absolute atomic E-state index is 0.0704. The van der Waals surface area contributed by atoms with Crippen molar-refractivity contribution >= 4 is 5.78 Å². The zero-order valence-corrected chi connectivity index (χ0v) is 8.14. The summed E-state index contributed by atoms with van der Waals surface area (Å²) in [6, 6.07) is 9.07. The summed E-state index contributed by atoms with van der Waals surface area (Å²) in [6.45, 7) is 1.68. The molecule has 1 rings (SSSR count). The quantitative estimate of drug-likeness (QED) is 0.770. The summed E-state index contributed by atoms with van der Waals surface area (Å²) in [5.41, 5.74) is 0. The van der Waals surface area contributed by atoms with Gasteiger partial charge in [0.2, 0.25) is 0 Å². The maximum Gasteiger partial charge on any atom is 0.198 e. The van der Waals surface area contributed by atoms with Crippen LogP contribution in [-0.4, -0.2) is 23.6 Å². The maximum absolute atomic E-state index is 11.2. The second-order valence-electron chi connectivity index (χ2n) is 2.99. The number of Topliss-reactive ketones (excluding diaryl/α,β-unsaturated/α-hetero) is 1. The molecule has 0 fully saturated rings. The minimum atomic E-state index is -0.904. The summed E-state index contributed by atoms with van der Waals surface area (Å²) >= 11 is 0. The molecule has 1 aromatic rings. The highest BCUT2D eigenvalue weighted by atomic mass is 16.5. The van der Waals surface area contributed by atoms with Crippen LogP contribution in [0.25, 0.3) is 0 Å². The number of benzene rings is 1. The Morgan fingerprint density at radius 1 is 1.43 bits per heavy atom. The molecule has 14 heavy (non-hydrogen) atoms. The zero-order chi connectivity index (χ0) is 10.4. The Hall–Kier alpha value is -1.35. The van der Waals surface area contributed by atoms with Crippen molar-refractivity contribution in [2.45, 2.75) is 19.4 Å². The topological polar surface area (TPSA) is 46.5 Å². The van der Waals surface area contributed by atoms with Crippen LogP contribution in [0.15, 0.2) is 30.3 Å². The zero-order valence-electron chi connectivity index (χ0n) is 8.14. The van der Waals surface area contributed by atoms with Gasteiger partial charge in [0.15, 0.2) is 5.78 Å². The SMILES string of the molecule is CCC(O)C(=O)COc1ccccc1. The maximum atomic E-state index is 11.2. The van der Waals surface area contributed by atoms with Gasteiger partial charge in [-0.15, -0.1) is 0 Å². The second kappa shape index (κ2) is 5.40. The fraction of sp³-hybridized carbons (Fsp3) is 0.364. The Labute approximate surface area is 83.3 Å². The molecule has 0 saturated carbocycles. The molecule has 0 aromatic heterocycles. The van der Waals surface area contributed by atoms with Gasteiger partial charge in [-0.2, -0.15) is 0 Å². The molecular weight excluding hydrogens is 180 g/mol. The molecular formula is C11H14O3. The molecule has 0 saturated heterocycles. The summed E-state index contributed by atoms with van der Waals surface area (Å²) in [5, 5.41) is 9.17. The predicted octanol–water partition coefficient (Wildman–Crippen LogP) is 1.41. The van der Waals surface area contributed by atoms with Crippen molar-refractivity contribution in [3.05, 3.63) is 30.3 Å². The van der Waals surface area contributed by atoms with Crippen LogP contribution in [0, 0.1) is 0 Å². The van der Waals surface area contributed by atoms with Crippen molar-refractivity contribution in [1.29, 1.82) is 0 Å². The van der Waals surface area contributed by atoms with Crippen LogP contribution in [0.2, 0.25) is 0 Å². The molecule has 0 spiro atoms. The van der Waals surface area contributed by atoms with E-state index in [-0.39, 0.29) is 12.4 Å². The molecule has 1 aromatic carbocycles. The fourth-order valence-electron chi connectivity index (χ4n) is 0.995. The van der Waals surface area contributed by atoms with Gasteiger partial charge >= 0.3 is 0 Å². The van der Waals surface area contributed by atoms with Gasteiger partial charge < -0.3 is 9.84 Å². The number of rotatable bonds is 5. The van der Waals surface area contributed by atoms with Crippen LogP contribution in [0.4, 0.5) is 0 Å². The van der Waals surface area contributed by atoms with E-state index in [9.17, 15) is 9.90 Å². The summed E-state index contributed by atoms with van der Waals surface area (Å²) < 4.78 is 5.18. The molecule has 0 bridgehead atoms. The number of ether oxygens (including phenoxy) is 1. The van der Waals surface area contributed by atoms with Crippen molar-refractivity contribution in [2.75, 3.05) is 6.61 Å². The molecule has 0 aliphatic rings. The van der Waals surface area contributed by atoms with E-state index in [2.05, 4.69) is 0 Å². The van der Waals surface area contributed by atoms with E-state index >= 15 is 0 Å². The Balaban J connectivity index is 2.38. The number of aliphatic hydroxyl groups excluding tert-OH is 1. The first-order valence-electron chi connectivity index (χ1n) is 4.62. The smallest absolute Gasteiger partial charge is 0.198 e. The molecule has 0 radical (unpaired) electrons. The number of hydrogen-bond donors (Lipinski definition) is 1. The Kier molecular flexibility index (Phi) is 4.13. The number of hydrogen-bond acceptors (Lipinski definition) is 3. The van der Waals surface area contributed by atoms with E-state index in [0.717, 1.165) is 0 Å². The highest BCUT2D eigenvalue weighted by molar-refractivity contribution is 5.84. The van der Waals surface area contributed by atoms with Crippen LogP contribution in [0.5, 0.6) is 5.75 Å². The van der Waals surface area contributed by atoms with Crippen LogP contribution < -0.4 is 4.74 Å². The third-order valence-corrected chi connectivity index (χ3v) is 1.88. The summed E-state index contributed by atoms with van der Waals surface area (Å²) in [7, 11) is 0. The lowest BCUT2D eigenvalue weighted by Crippen LogP contribution is -2.25. The molecule has 1 N–H and O–H groups in total. The van der Waals surface area contributed by atoms with Gasteiger partial charge in [0.1, 0.15) is 18.5 Å². The Bertz CT molecular complexity index is 282. The molecule has 0 aliphatic carbocycles. The number of para-hydroxylation sites is 1. The summed E-state index contributed by atoms with van der Waals surface area (Å²) in [6.07, 6.45) is -0.476. The van der Waals surface area contributed by atoms with Gasteiger partial charge in [0, 0.05) is 0 Å². The summed E-state index contributed by atoms with van der Waals surface area (Å²) in [5.74, 6) is 0.362. The largest absolute Gasteiger partial charge is 0.486 e. The van der Waals surface area contributed by atoms with Crippen LogP contribution >= 0.6 is 0 Å². The highest BCUT2D eigenvalue weighted by Crippen LogP contribution is 2.08. The van der Waals surface area contributed by atoms with E-state index < -0.39 is 6.10 Å². The normalized spacial score (nSPS) is 12.1. The lowest BCUT2D eigenvalue weighted by molar-refractivity contribution is -0.129. The first kappa shape index (κ1) is 10.7. The summed E-state index contributed by atoms with van der Waals surface area (Å²) in [4.78, 5) is 11.2. The lowest BCUT2D eigenvalue weighted by Gasteiger charge is -2.08. The molecule has 1 atom stereocenters. The standard InChI is InChI=1S/C11H14O3/c1-2-10(12)11(13)8-14-9-6-4-3-5-7-9/h3-7,10,12H,2,8H2,1H3. The second-order valence-corrected chi connectivity index (χ2v) is 2.99. The van der Waals surface area contributed by atoms with Gasteiger partial charge in [-0.25, -0.2) is 0 Å². The fourth-order valence-corrected chi connectivity index (χ4v) is 0.995. The molecule has 3 heteroatoms. The number of ketones is 1. The first-order valence-corrected chi connectivity index (χ1v) is 4.62. The van der Waals surface area contributed by atoms with Crippen molar-refractivity contribution in [3.63, 3.8) is 0 Å². The molecule has 76 valence electrons. The van der Waals surface area contributed by atoms with Crippen LogP contribution in [0.1, 0.15) is 13.3 Å². The van der Waals surface area contributed by atoms with Gasteiger partial charge in [0.05, 0.1) is 0 Å². The Morgan fingerprint density at radius 3 is 2.64 bits per heavy atom. The van der Waals surface area contributed by atoms with Gasteiger partial charge in [-0.05, 0) is 18.6 Å². The van der Waals surface area contributed by atoms with E-state index in [1.165, 1.54) is 0 Å². The monoisotopic (exact) mass is 194 g/mol. The average molecular weight is 194 g/mol. The van der Waals surface area contributed by atoms with Gasteiger partial charge in [-0.1, -0.05) is 25.1 Å². The molecule has 0 amide bonds. The van der Waals surface area contributed by atoms with E-state index in [1.54, 1.807) is 19.1 Å². The predicted molar refractivity (Wildman–Crippen MR) is 53.2 cm³/mol. The first-order chi connectivity index (χ1) is 6.74. The average Bonchev–Trinajstić information content (AvgIpc) is 2.26. The third kappa shape index (κ3) is 3.18. The Morgan fingerprint density at radius 2 is 2.07 bits per heavy atom. The molecule has 0 aliphatic heterocycles. The van der Waals surface area contributed by atoms with Crippen molar-refractivity contribution in [1.82, 2.24) is 0 Å². The number of aliphatic hydroxyl groups is 1.